The van der Waals surface area contributed by atoms with Crippen LogP contribution >= 0.6 is 11.3 Å². The van der Waals surface area contributed by atoms with E-state index in [2.05, 4.69) is 31.2 Å². The van der Waals surface area contributed by atoms with Gasteiger partial charge in [-0.15, -0.1) is 11.3 Å². The van der Waals surface area contributed by atoms with Crippen LogP contribution in [0.5, 0.6) is 0 Å². The highest BCUT2D eigenvalue weighted by Gasteiger charge is 2.23. The molecule has 0 bridgehead atoms. The van der Waals surface area contributed by atoms with Gasteiger partial charge in [0, 0.05) is 56.4 Å². The zero-order valence-electron chi connectivity index (χ0n) is 15.1. The Hall–Kier alpha value is -2.50. The van der Waals surface area contributed by atoms with Crippen LogP contribution in [0.2, 0.25) is 0 Å². The normalized spacial score (nSPS) is 16.8. The van der Waals surface area contributed by atoms with Crippen LogP contribution in [0.1, 0.15) is 28.8 Å². The summed E-state index contributed by atoms with van der Waals surface area (Å²) in [5, 5.41) is 13.1. The molecule has 1 N–H and O–H groups in total. The van der Waals surface area contributed by atoms with Crippen molar-refractivity contribution in [3.8, 4) is 6.07 Å². The van der Waals surface area contributed by atoms with Gasteiger partial charge in [-0.1, -0.05) is 0 Å². The molecule has 0 saturated carbocycles. The second kappa shape index (κ2) is 8.03. The summed E-state index contributed by atoms with van der Waals surface area (Å²) in [6, 6.07) is 4.09. The van der Waals surface area contributed by atoms with Crippen LogP contribution in [0.3, 0.4) is 0 Å². The third-order valence-electron chi connectivity index (χ3n) is 5.15. The number of nitrogens with one attached hydrogen (secondary N) is 1. The molecule has 1 aliphatic heterocycles. The lowest BCUT2D eigenvalue weighted by Gasteiger charge is -2.34. The summed E-state index contributed by atoms with van der Waals surface area (Å²) in [4.78, 5) is 26.7. The van der Waals surface area contributed by atoms with Gasteiger partial charge < -0.3 is 10.2 Å². The number of aryl methyl sites for hydroxylation is 1. The first-order valence-electron chi connectivity index (χ1n) is 9.33. The van der Waals surface area contributed by atoms with Crippen LogP contribution in [-0.4, -0.2) is 53.5 Å². The van der Waals surface area contributed by atoms with Crippen molar-refractivity contribution in [1.82, 2.24) is 14.9 Å². The summed E-state index contributed by atoms with van der Waals surface area (Å²) in [7, 11) is 0. The summed E-state index contributed by atoms with van der Waals surface area (Å²) in [5.41, 5.74) is 1.83. The van der Waals surface area contributed by atoms with E-state index < -0.39 is 0 Å². The molecule has 2 aromatic heterocycles. The Morgan fingerprint density at radius 1 is 1.22 bits per heavy atom. The van der Waals surface area contributed by atoms with Crippen LogP contribution in [0.15, 0.2) is 18.5 Å². The van der Waals surface area contributed by atoms with E-state index in [4.69, 9.17) is 0 Å². The number of aromatic nitrogens is 2. The first-order chi connectivity index (χ1) is 13.2. The average molecular weight is 382 g/mol. The number of rotatable bonds is 5. The Morgan fingerprint density at radius 2 is 2.00 bits per heavy atom. The fourth-order valence-electron chi connectivity index (χ4n) is 3.69. The molecule has 0 spiro atoms. The summed E-state index contributed by atoms with van der Waals surface area (Å²) in [5.74, 6) is 0.755. The number of amides is 1. The fraction of sp³-hybridized carbons (Fsp3) is 0.474. The zero-order valence-corrected chi connectivity index (χ0v) is 16.0. The number of fused-ring (bicyclic) bond motifs is 1. The van der Waals surface area contributed by atoms with Crippen molar-refractivity contribution in [3.05, 3.63) is 34.5 Å². The van der Waals surface area contributed by atoms with Crippen molar-refractivity contribution in [2.24, 2.45) is 0 Å². The molecule has 1 amide bonds. The van der Waals surface area contributed by atoms with Crippen molar-refractivity contribution < 1.29 is 4.79 Å². The van der Waals surface area contributed by atoms with Crippen molar-refractivity contribution in [1.29, 1.82) is 5.26 Å². The SMILES string of the molecule is N#Cc1c(NC(=O)CCN2CCN(c3ncccn3)CC2)sc2c1CCC2. The number of hydrogen-bond donors (Lipinski definition) is 1. The Kier molecular flexibility index (Phi) is 5.32. The molecular formula is C19H22N6OS. The fourth-order valence-corrected chi connectivity index (χ4v) is 4.94. The lowest BCUT2D eigenvalue weighted by Crippen LogP contribution is -2.47. The van der Waals surface area contributed by atoms with E-state index in [1.807, 2.05) is 6.07 Å². The largest absolute Gasteiger partial charge is 0.338 e. The van der Waals surface area contributed by atoms with Crippen LogP contribution < -0.4 is 10.2 Å². The summed E-state index contributed by atoms with van der Waals surface area (Å²) >= 11 is 1.57. The van der Waals surface area contributed by atoms with Gasteiger partial charge in [-0.05, 0) is 30.9 Å². The highest BCUT2D eigenvalue weighted by atomic mass is 32.1. The zero-order chi connectivity index (χ0) is 18.6. The molecule has 27 heavy (non-hydrogen) atoms. The Balaban J connectivity index is 1.26. The molecule has 140 valence electrons. The number of anilines is 2. The van der Waals surface area contributed by atoms with E-state index in [1.54, 1.807) is 23.7 Å². The monoisotopic (exact) mass is 382 g/mol. The third-order valence-corrected chi connectivity index (χ3v) is 6.36. The molecule has 0 atom stereocenters. The summed E-state index contributed by atoms with van der Waals surface area (Å²) < 4.78 is 0. The molecule has 3 heterocycles. The Morgan fingerprint density at radius 3 is 2.74 bits per heavy atom. The van der Waals surface area contributed by atoms with Crippen LogP contribution in [0, 0.1) is 11.3 Å². The molecule has 1 aliphatic carbocycles. The van der Waals surface area contributed by atoms with Crippen LogP contribution in [0.25, 0.3) is 0 Å². The van der Waals surface area contributed by atoms with E-state index in [-0.39, 0.29) is 5.91 Å². The Labute approximate surface area is 162 Å². The summed E-state index contributed by atoms with van der Waals surface area (Å²) in [6.07, 6.45) is 7.06. The number of thiophene rings is 1. The van der Waals surface area contributed by atoms with E-state index in [0.717, 1.165) is 68.5 Å². The molecule has 0 unspecified atom stereocenters. The molecule has 2 aromatic rings. The number of carbonyl (C=O) groups excluding carboxylic acids is 1. The topological polar surface area (TPSA) is 85.2 Å². The molecule has 1 saturated heterocycles. The van der Waals surface area contributed by atoms with Crippen LogP contribution in [-0.2, 0) is 17.6 Å². The first-order valence-corrected chi connectivity index (χ1v) is 10.1. The molecule has 0 aromatic carbocycles. The minimum absolute atomic E-state index is 0.0137. The van der Waals surface area contributed by atoms with Gasteiger partial charge >= 0.3 is 0 Å². The van der Waals surface area contributed by atoms with Gasteiger partial charge in [0.15, 0.2) is 0 Å². The number of hydrogen-bond acceptors (Lipinski definition) is 7. The second-order valence-corrected chi connectivity index (χ2v) is 7.95. The number of nitrogens with zero attached hydrogens (tertiary/aromatic N) is 5. The van der Waals surface area contributed by atoms with Gasteiger partial charge in [0.25, 0.3) is 0 Å². The van der Waals surface area contributed by atoms with Gasteiger partial charge in [-0.2, -0.15) is 5.26 Å². The van der Waals surface area contributed by atoms with Gasteiger partial charge in [0.2, 0.25) is 11.9 Å². The standard InChI is InChI=1S/C19H22N6OS/c20-13-15-14-3-1-4-16(14)27-18(15)23-17(26)5-8-24-9-11-25(12-10-24)19-21-6-2-7-22-19/h2,6-7H,1,3-5,8-12H2,(H,23,26). The second-order valence-electron chi connectivity index (χ2n) is 6.85. The van der Waals surface area contributed by atoms with E-state index >= 15 is 0 Å². The maximum atomic E-state index is 12.4. The van der Waals surface area contributed by atoms with Gasteiger partial charge in [-0.3, -0.25) is 9.69 Å². The average Bonchev–Trinajstić information content (AvgIpc) is 3.28. The highest BCUT2D eigenvalue weighted by Crippen LogP contribution is 2.38. The number of carbonyl (C=O) groups is 1. The maximum Gasteiger partial charge on any atom is 0.226 e. The highest BCUT2D eigenvalue weighted by molar-refractivity contribution is 7.16. The first kappa shape index (κ1) is 17.9. The molecule has 4 rings (SSSR count). The van der Waals surface area contributed by atoms with Crippen LogP contribution in [0.4, 0.5) is 10.9 Å². The van der Waals surface area contributed by atoms with Crippen molar-refractivity contribution in [2.75, 3.05) is 42.9 Å². The van der Waals surface area contributed by atoms with Gasteiger partial charge in [-0.25, -0.2) is 9.97 Å². The van der Waals surface area contributed by atoms with Crippen molar-refractivity contribution in [3.63, 3.8) is 0 Å². The summed E-state index contributed by atoms with van der Waals surface area (Å²) in [6.45, 7) is 4.23. The molecule has 2 aliphatic rings. The smallest absolute Gasteiger partial charge is 0.226 e. The van der Waals surface area contributed by atoms with Gasteiger partial charge in [0.1, 0.15) is 11.1 Å². The van der Waals surface area contributed by atoms with Crippen molar-refractivity contribution in [2.45, 2.75) is 25.7 Å². The Bertz CT molecular complexity index is 851. The minimum Gasteiger partial charge on any atom is -0.338 e. The lowest BCUT2D eigenvalue weighted by atomic mass is 10.1. The van der Waals surface area contributed by atoms with E-state index in [0.29, 0.717) is 12.0 Å². The van der Waals surface area contributed by atoms with Crippen molar-refractivity contribution >= 4 is 28.2 Å². The molecular weight excluding hydrogens is 360 g/mol. The quantitative estimate of drug-likeness (QED) is 0.852. The maximum absolute atomic E-state index is 12.4. The predicted molar refractivity (Wildman–Crippen MR) is 105 cm³/mol. The molecule has 7 nitrogen and oxygen atoms in total. The molecule has 0 radical (unpaired) electrons. The van der Waals surface area contributed by atoms with E-state index in [9.17, 15) is 10.1 Å². The third kappa shape index (κ3) is 3.94. The van der Waals surface area contributed by atoms with Gasteiger partial charge in [0.05, 0.1) is 5.56 Å². The molecule has 1 fully saturated rings. The predicted octanol–water partition coefficient (Wildman–Crippen LogP) is 2.05. The number of piperazine rings is 1. The molecule has 8 heteroatoms. The minimum atomic E-state index is -0.0137. The number of nitriles is 1. The van der Waals surface area contributed by atoms with E-state index in [1.165, 1.54) is 4.88 Å². The lowest BCUT2D eigenvalue weighted by molar-refractivity contribution is -0.116.